The summed E-state index contributed by atoms with van der Waals surface area (Å²) in [6.07, 6.45) is 7.18. The summed E-state index contributed by atoms with van der Waals surface area (Å²) in [6, 6.07) is 0. The molecule has 0 radical (unpaired) electrons. The molecule has 4 heteroatoms. The minimum Gasteiger partial charge on any atom is -0.544 e. The number of hydrogen-bond acceptors (Lipinski definition) is 3. The number of carboxylic acid groups (broad SMARTS) is 1. The molecule has 0 aliphatic carbocycles. The molecular formula is C11H20NNaO2. The molecule has 82 valence electrons. The predicted molar refractivity (Wildman–Crippen MR) is 56.4 cm³/mol. The van der Waals surface area contributed by atoms with Crippen molar-refractivity contribution in [2.75, 3.05) is 6.54 Å². The molecule has 0 rings (SSSR count). The van der Waals surface area contributed by atoms with E-state index in [-0.39, 0.29) is 35.3 Å². The molecular weight excluding hydrogens is 201 g/mol. The minimum absolute atomic E-state index is 0. The summed E-state index contributed by atoms with van der Waals surface area (Å²) in [5, 5.41) is 10.3. The van der Waals surface area contributed by atoms with E-state index in [4.69, 9.17) is 0 Å². The maximum Gasteiger partial charge on any atom is 1.00 e. The first-order valence-electron chi connectivity index (χ1n) is 5.41. The first kappa shape index (κ1) is 17.5. The quantitative estimate of drug-likeness (QED) is 0.286. The molecule has 0 unspecified atom stereocenters. The summed E-state index contributed by atoms with van der Waals surface area (Å²) in [5.41, 5.74) is 0.110. The van der Waals surface area contributed by atoms with Gasteiger partial charge in [0.1, 0.15) is 0 Å². The molecule has 0 atom stereocenters. The van der Waals surface area contributed by atoms with Crippen molar-refractivity contribution in [3.05, 3.63) is 0 Å². The number of nitrogens with zero attached hydrogens (tertiary/aromatic N) is 1. The smallest absolute Gasteiger partial charge is 0.544 e. The van der Waals surface area contributed by atoms with E-state index in [2.05, 4.69) is 11.9 Å². The van der Waals surface area contributed by atoms with Gasteiger partial charge in [-0.1, -0.05) is 39.0 Å². The third-order valence-corrected chi connectivity index (χ3v) is 2.16. The fourth-order valence-electron chi connectivity index (χ4n) is 1.20. The molecule has 0 saturated heterocycles. The Morgan fingerprint density at radius 1 is 1.13 bits per heavy atom. The van der Waals surface area contributed by atoms with Crippen LogP contribution in [-0.4, -0.2) is 18.2 Å². The van der Waals surface area contributed by atoms with Gasteiger partial charge in [-0.25, -0.2) is 0 Å². The van der Waals surface area contributed by atoms with Crippen LogP contribution in [-0.2, 0) is 4.79 Å². The van der Waals surface area contributed by atoms with Gasteiger partial charge in [0.25, 0.3) is 0 Å². The molecule has 0 aliphatic rings. The average molecular weight is 221 g/mol. The Bertz CT molecular complexity index is 193. The predicted octanol–water partition coefficient (Wildman–Crippen LogP) is -1.44. The number of unbranched alkanes of at least 4 members (excludes halogenated alkanes) is 5. The summed E-state index contributed by atoms with van der Waals surface area (Å²) in [5.74, 6) is -1.16. The molecule has 0 N–H and O–H groups in total. The van der Waals surface area contributed by atoms with Crippen molar-refractivity contribution < 1.29 is 39.5 Å². The van der Waals surface area contributed by atoms with Gasteiger partial charge in [0.15, 0.2) is 0 Å². The molecule has 0 aromatic rings. The van der Waals surface area contributed by atoms with E-state index in [1.165, 1.54) is 32.6 Å². The van der Waals surface area contributed by atoms with Crippen LogP contribution in [0.3, 0.4) is 0 Å². The molecule has 0 saturated carbocycles. The molecule has 0 heterocycles. The molecule has 15 heavy (non-hydrogen) atoms. The molecule has 0 aromatic carbocycles. The molecule has 0 aliphatic heterocycles. The zero-order valence-corrected chi connectivity index (χ0v) is 12.2. The number of carbonyl (C=O) groups excluding carboxylic acids is 1. The first-order valence-corrected chi connectivity index (χ1v) is 5.41. The Kier molecular flexibility index (Phi) is 14.3. The van der Waals surface area contributed by atoms with Crippen molar-refractivity contribution in [2.24, 2.45) is 4.99 Å². The largest absolute Gasteiger partial charge is 1.00 e. The molecule has 0 aromatic heterocycles. The van der Waals surface area contributed by atoms with Crippen LogP contribution in [0.5, 0.6) is 0 Å². The Balaban J connectivity index is 0. The summed E-state index contributed by atoms with van der Waals surface area (Å²) in [4.78, 5) is 14.2. The number of aliphatic carboxylic acids is 1. The van der Waals surface area contributed by atoms with E-state index in [0.717, 1.165) is 12.8 Å². The molecule has 0 amide bonds. The van der Waals surface area contributed by atoms with Gasteiger partial charge in [-0.2, -0.15) is 0 Å². The van der Waals surface area contributed by atoms with Gasteiger partial charge in [-0.3, -0.25) is 4.99 Å². The van der Waals surface area contributed by atoms with E-state index in [9.17, 15) is 9.90 Å². The van der Waals surface area contributed by atoms with Crippen molar-refractivity contribution in [3.8, 4) is 0 Å². The Morgan fingerprint density at radius 2 is 1.67 bits per heavy atom. The van der Waals surface area contributed by atoms with Crippen molar-refractivity contribution in [2.45, 2.75) is 52.4 Å². The van der Waals surface area contributed by atoms with Crippen LogP contribution in [0.1, 0.15) is 52.4 Å². The molecule has 0 bridgehead atoms. The fourth-order valence-corrected chi connectivity index (χ4v) is 1.20. The van der Waals surface area contributed by atoms with E-state index >= 15 is 0 Å². The van der Waals surface area contributed by atoms with Crippen molar-refractivity contribution >= 4 is 11.7 Å². The number of rotatable bonds is 8. The van der Waals surface area contributed by atoms with Gasteiger partial charge in [0, 0.05) is 6.54 Å². The topological polar surface area (TPSA) is 52.5 Å². The zero-order valence-electron chi connectivity index (χ0n) is 10.2. The van der Waals surface area contributed by atoms with Crippen molar-refractivity contribution in [1.82, 2.24) is 0 Å². The third-order valence-electron chi connectivity index (χ3n) is 2.16. The average Bonchev–Trinajstić information content (AvgIpc) is 2.16. The second kappa shape index (κ2) is 12.2. The Labute approximate surface area is 115 Å². The molecule has 0 fully saturated rings. The van der Waals surface area contributed by atoms with Gasteiger partial charge < -0.3 is 9.90 Å². The first-order chi connectivity index (χ1) is 6.68. The minimum atomic E-state index is -1.16. The SMILES string of the molecule is CCCCCCCCN=C(C)C(=O)[O-].[Na+]. The standard InChI is InChI=1S/C11H21NO2.Na/c1-3-4-5-6-7-8-9-12-10(2)11(13)14;/h3-9H2,1-2H3,(H,13,14);/q;+1/p-1. The number of carbonyl (C=O) groups is 1. The van der Waals surface area contributed by atoms with Gasteiger partial charge in [0.05, 0.1) is 11.7 Å². The Hall–Kier alpha value is 0.140. The normalized spacial score (nSPS) is 10.9. The van der Waals surface area contributed by atoms with Crippen LogP contribution in [0.4, 0.5) is 0 Å². The number of hydrogen-bond donors (Lipinski definition) is 0. The third kappa shape index (κ3) is 12.1. The summed E-state index contributed by atoms with van der Waals surface area (Å²) >= 11 is 0. The van der Waals surface area contributed by atoms with Crippen LogP contribution < -0.4 is 34.7 Å². The van der Waals surface area contributed by atoms with Gasteiger partial charge in [0.2, 0.25) is 0 Å². The maximum atomic E-state index is 10.3. The van der Waals surface area contributed by atoms with E-state index < -0.39 is 5.97 Å². The van der Waals surface area contributed by atoms with Crippen LogP contribution in [0.15, 0.2) is 4.99 Å². The molecule has 0 spiro atoms. The fraction of sp³-hybridized carbons (Fsp3) is 0.818. The van der Waals surface area contributed by atoms with Crippen LogP contribution in [0.2, 0.25) is 0 Å². The van der Waals surface area contributed by atoms with E-state index in [1.807, 2.05) is 0 Å². The van der Waals surface area contributed by atoms with Gasteiger partial charge in [-0.15, -0.1) is 0 Å². The summed E-state index contributed by atoms with van der Waals surface area (Å²) < 4.78 is 0. The monoisotopic (exact) mass is 221 g/mol. The van der Waals surface area contributed by atoms with Crippen molar-refractivity contribution in [1.29, 1.82) is 0 Å². The molecule has 3 nitrogen and oxygen atoms in total. The van der Waals surface area contributed by atoms with Crippen LogP contribution in [0.25, 0.3) is 0 Å². The van der Waals surface area contributed by atoms with Gasteiger partial charge in [-0.05, 0) is 13.3 Å². The summed E-state index contributed by atoms with van der Waals surface area (Å²) in [6.45, 7) is 4.28. The van der Waals surface area contributed by atoms with Crippen LogP contribution >= 0.6 is 0 Å². The number of carboxylic acids is 1. The van der Waals surface area contributed by atoms with Gasteiger partial charge >= 0.3 is 29.6 Å². The maximum absolute atomic E-state index is 10.3. The van der Waals surface area contributed by atoms with E-state index in [1.54, 1.807) is 0 Å². The van der Waals surface area contributed by atoms with Crippen molar-refractivity contribution in [3.63, 3.8) is 0 Å². The second-order valence-electron chi connectivity index (χ2n) is 3.52. The second-order valence-corrected chi connectivity index (χ2v) is 3.52. The van der Waals surface area contributed by atoms with E-state index in [0.29, 0.717) is 6.54 Å². The Morgan fingerprint density at radius 3 is 2.20 bits per heavy atom. The summed E-state index contributed by atoms with van der Waals surface area (Å²) in [7, 11) is 0. The zero-order chi connectivity index (χ0) is 10.8. The number of aliphatic imine (C=N–C) groups is 1. The van der Waals surface area contributed by atoms with Crippen LogP contribution in [0, 0.1) is 0 Å².